The lowest BCUT2D eigenvalue weighted by molar-refractivity contribution is -0.134. The molecular weight excluding hydrogens is 410 g/mol. The van der Waals surface area contributed by atoms with Crippen molar-refractivity contribution in [1.29, 1.82) is 0 Å². The van der Waals surface area contributed by atoms with Crippen molar-refractivity contribution in [2.75, 3.05) is 19.6 Å². The Kier molecular flexibility index (Phi) is 6.85. The van der Waals surface area contributed by atoms with Crippen LogP contribution in [0.1, 0.15) is 17.5 Å². The van der Waals surface area contributed by atoms with Crippen molar-refractivity contribution >= 4 is 34.2 Å². The van der Waals surface area contributed by atoms with Crippen LogP contribution in [0.2, 0.25) is 5.02 Å². The number of hydrogen-bond donors (Lipinski definition) is 2. The number of nitrogens with one attached hydrogen (secondary N) is 2. The highest BCUT2D eigenvalue weighted by Gasteiger charge is 2.31. The molecule has 1 atom stereocenters. The average molecular weight is 436 g/mol. The molecule has 0 saturated carbocycles. The lowest BCUT2D eigenvalue weighted by Gasteiger charge is -2.35. The Hall–Kier alpha value is -2.89. The van der Waals surface area contributed by atoms with Crippen LogP contribution in [-0.4, -0.2) is 42.4 Å². The minimum Gasteiger partial charge on any atom is -0.356 e. The van der Waals surface area contributed by atoms with E-state index in [9.17, 15) is 9.59 Å². The maximum absolute atomic E-state index is 12.6. The first-order valence-corrected chi connectivity index (χ1v) is 11.0. The Bertz CT molecular complexity index is 1080. The molecule has 3 aromatic carbocycles. The number of rotatable bonds is 7. The topological polar surface area (TPSA) is 61.4 Å². The summed E-state index contributed by atoms with van der Waals surface area (Å²) in [6.45, 7) is 2.46. The first-order chi connectivity index (χ1) is 15.1. The smallest absolute Gasteiger partial charge is 0.237 e. The summed E-state index contributed by atoms with van der Waals surface area (Å²) in [5, 5.41) is 8.89. The lowest BCUT2D eigenvalue weighted by atomic mass is 10.0. The molecule has 1 heterocycles. The highest BCUT2D eigenvalue weighted by Crippen LogP contribution is 2.22. The molecule has 31 heavy (non-hydrogen) atoms. The van der Waals surface area contributed by atoms with Gasteiger partial charge in [0.25, 0.3) is 0 Å². The van der Waals surface area contributed by atoms with Crippen molar-refractivity contribution in [3.05, 3.63) is 82.9 Å². The van der Waals surface area contributed by atoms with E-state index in [2.05, 4.69) is 39.8 Å². The van der Waals surface area contributed by atoms with Gasteiger partial charge in [-0.1, -0.05) is 66.2 Å². The molecule has 160 valence electrons. The molecular formula is C25H26ClN3O2. The predicted octanol–water partition coefficient (Wildman–Crippen LogP) is 3.54. The maximum atomic E-state index is 12.6. The molecule has 3 aromatic rings. The predicted molar refractivity (Wildman–Crippen MR) is 124 cm³/mol. The number of carbonyl (C=O) groups is 2. The van der Waals surface area contributed by atoms with Crippen molar-refractivity contribution in [2.24, 2.45) is 0 Å². The van der Waals surface area contributed by atoms with Gasteiger partial charge in [0.15, 0.2) is 0 Å². The summed E-state index contributed by atoms with van der Waals surface area (Å²) in [4.78, 5) is 27.3. The van der Waals surface area contributed by atoms with E-state index in [4.69, 9.17) is 11.6 Å². The molecule has 5 nitrogen and oxygen atoms in total. The molecule has 1 aliphatic heterocycles. The molecule has 0 bridgehead atoms. The van der Waals surface area contributed by atoms with Crippen LogP contribution in [0.5, 0.6) is 0 Å². The van der Waals surface area contributed by atoms with Gasteiger partial charge >= 0.3 is 0 Å². The van der Waals surface area contributed by atoms with Gasteiger partial charge in [0.1, 0.15) is 0 Å². The second-order valence-corrected chi connectivity index (χ2v) is 8.29. The van der Waals surface area contributed by atoms with Gasteiger partial charge in [-0.15, -0.1) is 0 Å². The molecule has 1 fully saturated rings. The summed E-state index contributed by atoms with van der Waals surface area (Å²) in [6.07, 6.45) is 0.842. The summed E-state index contributed by atoms with van der Waals surface area (Å²) in [5.41, 5.74) is 2.24. The molecule has 6 heteroatoms. The van der Waals surface area contributed by atoms with Crippen LogP contribution in [0.15, 0.2) is 66.7 Å². The summed E-state index contributed by atoms with van der Waals surface area (Å²) < 4.78 is 0. The first-order valence-electron chi connectivity index (χ1n) is 10.6. The highest BCUT2D eigenvalue weighted by atomic mass is 35.5. The molecule has 0 spiro atoms. The minimum atomic E-state index is -0.473. The summed E-state index contributed by atoms with van der Waals surface area (Å²) >= 11 is 6.01. The number of piperazine rings is 1. The van der Waals surface area contributed by atoms with Gasteiger partial charge in [0.2, 0.25) is 11.8 Å². The number of amides is 2. The molecule has 0 aromatic heterocycles. The fraction of sp³-hybridized carbons (Fsp3) is 0.280. The number of hydrogen-bond acceptors (Lipinski definition) is 3. The third kappa shape index (κ3) is 5.43. The number of carbonyl (C=O) groups excluding carboxylic acids is 2. The third-order valence-electron chi connectivity index (χ3n) is 5.70. The maximum Gasteiger partial charge on any atom is 0.237 e. The summed E-state index contributed by atoms with van der Waals surface area (Å²) in [5.74, 6) is -0.205. The van der Waals surface area contributed by atoms with Crippen molar-refractivity contribution < 1.29 is 9.59 Å². The Morgan fingerprint density at radius 2 is 1.90 bits per heavy atom. The lowest BCUT2D eigenvalue weighted by Crippen LogP contribution is -2.56. The van der Waals surface area contributed by atoms with Gasteiger partial charge in [0, 0.05) is 31.2 Å². The molecule has 4 rings (SSSR count). The zero-order chi connectivity index (χ0) is 21.6. The van der Waals surface area contributed by atoms with Crippen molar-refractivity contribution in [2.45, 2.75) is 25.4 Å². The molecule has 2 N–H and O–H groups in total. The fourth-order valence-corrected chi connectivity index (χ4v) is 4.32. The average Bonchev–Trinajstić information content (AvgIpc) is 2.76. The Balaban J connectivity index is 1.39. The largest absolute Gasteiger partial charge is 0.356 e. The monoisotopic (exact) mass is 435 g/mol. The van der Waals surface area contributed by atoms with Crippen LogP contribution < -0.4 is 10.6 Å². The Morgan fingerprint density at radius 1 is 1.10 bits per heavy atom. The zero-order valence-electron chi connectivity index (χ0n) is 17.3. The van der Waals surface area contributed by atoms with Crippen molar-refractivity contribution in [3.8, 4) is 0 Å². The number of nitrogens with zero attached hydrogens (tertiary/aromatic N) is 1. The van der Waals surface area contributed by atoms with Gasteiger partial charge in [0.05, 0.1) is 12.5 Å². The van der Waals surface area contributed by atoms with Crippen molar-refractivity contribution in [1.82, 2.24) is 15.5 Å². The van der Waals surface area contributed by atoms with Crippen LogP contribution in [0.25, 0.3) is 10.8 Å². The normalized spacial score (nSPS) is 16.8. The molecule has 0 aliphatic carbocycles. The van der Waals surface area contributed by atoms with Crippen molar-refractivity contribution in [3.63, 3.8) is 0 Å². The van der Waals surface area contributed by atoms with Crippen LogP contribution in [0.3, 0.4) is 0 Å². The SMILES string of the molecule is O=C(C[C@@H]1C(=O)NCCN1Cc1cccc2ccccc12)NCCc1cccc(Cl)c1. The molecule has 1 saturated heterocycles. The van der Waals surface area contributed by atoms with Gasteiger partial charge in [-0.2, -0.15) is 0 Å². The van der Waals surface area contributed by atoms with Gasteiger partial charge in [-0.05, 0) is 40.5 Å². The highest BCUT2D eigenvalue weighted by molar-refractivity contribution is 6.30. The van der Waals surface area contributed by atoms with E-state index in [-0.39, 0.29) is 18.2 Å². The van der Waals surface area contributed by atoms with E-state index in [0.29, 0.717) is 31.1 Å². The second-order valence-electron chi connectivity index (χ2n) is 7.85. The number of halogens is 1. The quantitative estimate of drug-likeness (QED) is 0.596. The summed E-state index contributed by atoms with van der Waals surface area (Å²) in [7, 11) is 0. The van der Waals surface area contributed by atoms with E-state index in [0.717, 1.165) is 12.1 Å². The van der Waals surface area contributed by atoms with E-state index in [1.165, 1.54) is 16.3 Å². The van der Waals surface area contributed by atoms with Gasteiger partial charge in [-0.3, -0.25) is 14.5 Å². The van der Waals surface area contributed by atoms with Gasteiger partial charge in [-0.25, -0.2) is 0 Å². The van der Waals surface area contributed by atoms with E-state index >= 15 is 0 Å². The van der Waals surface area contributed by atoms with E-state index in [1.807, 2.05) is 42.5 Å². The molecule has 0 unspecified atom stereocenters. The van der Waals surface area contributed by atoms with Crippen LogP contribution in [-0.2, 0) is 22.6 Å². The van der Waals surface area contributed by atoms with Gasteiger partial charge < -0.3 is 10.6 Å². The Labute approximate surface area is 187 Å². The van der Waals surface area contributed by atoms with Crippen LogP contribution >= 0.6 is 11.6 Å². The molecule has 2 amide bonds. The standard InChI is InChI=1S/C25H26ClN3O2/c26-21-9-3-5-18(15-21)11-12-27-24(30)16-23-25(31)28-13-14-29(23)17-20-8-4-7-19-6-1-2-10-22(19)20/h1-10,15,23H,11-14,16-17H2,(H,27,30)(H,28,31)/t23-/m1/s1. The van der Waals surface area contributed by atoms with Crippen LogP contribution in [0.4, 0.5) is 0 Å². The fourth-order valence-electron chi connectivity index (χ4n) is 4.11. The molecule has 0 radical (unpaired) electrons. The second kappa shape index (κ2) is 9.94. The van der Waals surface area contributed by atoms with Crippen LogP contribution in [0, 0.1) is 0 Å². The molecule has 1 aliphatic rings. The zero-order valence-corrected chi connectivity index (χ0v) is 18.1. The third-order valence-corrected chi connectivity index (χ3v) is 5.93. The Morgan fingerprint density at radius 3 is 2.77 bits per heavy atom. The van der Waals surface area contributed by atoms with E-state index in [1.54, 1.807) is 0 Å². The first kappa shape index (κ1) is 21.3. The number of benzene rings is 3. The minimum absolute atomic E-state index is 0.0866. The van der Waals surface area contributed by atoms with E-state index < -0.39 is 6.04 Å². The number of fused-ring (bicyclic) bond motifs is 1. The summed E-state index contributed by atoms with van der Waals surface area (Å²) in [6, 6.07) is 21.6.